The summed E-state index contributed by atoms with van der Waals surface area (Å²) in [5.41, 5.74) is 5.61. The molecule has 0 radical (unpaired) electrons. The van der Waals surface area contributed by atoms with Crippen LogP contribution >= 0.6 is 0 Å². The lowest BCUT2D eigenvalue weighted by Crippen LogP contribution is -2.48. The fraction of sp³-hybridized carbons (Fsp3) is 0.692. The van der Waals surface area contributed by atoms with E-state index < -0.39 is 11.9 Å². The van der Waals surface area contributed by atoms with Crippen molar-refractivity contribution in [2.24, 2.45) is 5.73 Å². The fourth-order valence-electron chi connectivity index (χ4n) is 2.36. The lowest BCUT2D eigenvalue weighted by molar-refractivity contribution is -0.133. The van der Waals surface area contributed by atoms with Crippen molar-refractivity contribution in [1.82, 2.24) is 25.2 Å². The molecule has 1 saturated heterocycles. The molecule has 2 rings (SSSR count). The Hall–Kier alpha value is -1.96. The van der Waals surface area contributed by atoms with Crippen LogP contribution in [0.1, 0.15) is 36.7 Å². The highest BCUT2D eigenvalue weighted by Gasteiger charge is 2.24. The summed E-state index contributed by atoms with van der Waals surface area (Å²) >= 11 is 0. The quantitative estimate of drug-likeness (QED) is 0.752. The van der Waals surface area contributed by atoms with E-state index in [-0.39, 0.29) is 11.6 Å². The number of nitrogens with zero attached hydrogens (tertiary/aromatic N) is 4. The molecule has 1 fully saturated rings. The van der Waals surface area contributed by atoms with Gasteiger partial charge in [0, 0.05) is 19.6 Å². The molecule has 1 aromatic rings. The smallest absolute Gasteiger partial charge is 0.274 e. The van der Waals surface area contributed by atoms with Crippen molar-refractivity contribution < 1.29 is 9.59 Å². The number of carbonyl (C=O) groups is 2. The molecule has 21 heavy (non-hydrogen) atoms. The van der Waals surface area contributed by atoms with E-state index in [0.29, 0.717) is 13.1 Å². The Morgan fingerprint density at radius 3 is 2.76 bits per heavy atom. The number of hydrogen-bond acceptors (Lipinski definition) is 5. The van der Waals surface area contributed by atoms with Gasteiger partial charge in [-0.15, -0.1) is 5.10 Å². The summed E-state index contributed by atoms with van der Waals surface area (Å²) in [7, 11) is 0. The van der Waals surface area contributed by atoms with Gasteiger partial charge in [0.05, 0.1) is 12.7 Å². The fourth-order valence-corrected chi connectivity index (χ4v) is 2.36. The van der Waals surface area contributed by atoms with Gasteiger partial charge in [-0.25, -0.2) is 0 Å². The zero-order chi connectivity index (χ0) is 15.2. The molecule has 0 spiro atoms. The summed E-state index contributed by atoms with van der Waals surface area (Å²) in [4.78, 5) is 26.1. The van der Waals surface area contributed by atoms with Gasteiger partial charge >= 0.3 is 0 Å². The zero-order valence-corrected chi connectivity index (χ0v) is 12.3. The number of piperidine rings is 1. The van der Waals surface area contributed by atoms with Crippen molar-refractivity contribution in [3.8, 4) is 0 Å². The SMILES string of the molecule is CC(NC(=O)c1cn(CCN)nn1)C(=O)N1CCCCC1. The van der Waals surface area contributed by atoms with E-state index in [2.05, 4.69) is 15.6 Å². The lowest BCUT2D eigenvalue weighted by Gasteiger charge is -2.29. The number of amides is 2. The number of hydrogen-bond donors (Lipinski definition) is 2. The third-order valence-corrected chi connectivity index (χ3v) is 3.52. The van der Waals surface area contributed by atoms with Gasteiger partial charge in [-0.3, -0.25) is 14.3 Å². The third kappa shape index (κ3) is 4.01. The van der Waals surface area contributed by atoms with Gasteiger partial charge in [-0.1, -0.05) is 5.21 Å². The number of likely N-dealkylation sites (tertiary alicyclic amines) is 1. The molecule has 2 amide bonds. The Labute approximate surface area is 123 Å². The van der Waals surface area contributed by atoms with Gasteiger partial charge in [0.25, 0.3) is 5.91 Å². The highest BCUT2D eigenvalue weighted by atomic mass is 16.2. The van der Waals surface area contributed by atoms with E-state index in [1.165, 1.54) is 10.9 Å². The van der Waals surface area contributed by atoms with E-state index in [9.17, 15) is 9.59 Å². The second-order valence-electron chi connectivity index (χ2n) is 5.24. The van der Waals surface area contributed by atoms with Crippen molar-refractivity contribution in [3.63, 3.8) is 0 Å². The molecule has 2 heterocycles. The second kappa shape index (κ2) is 7.16. The van der Waals surface area contributed by atoms with Gasteiger partial charge in [-0.05, 0) is 26.2 Å². The first-order valence-electron chi connectivity index (χ1n) is 7.31. The number of carbonyl (C=O) groups excluding carboxylic acids is 2. The summed E-state index contributed by atoms with van der Waals surface area (Å²) in [6, 6.07) is -0.560. The van der Waals surface area contributed by atoms with Gasteiger partial charge in [-0.2, -0.15) is 0 Å². The van der Waals surface area contributed by atoms with Gasteiger partial charge in [0.1, 0.15) is 6.04 Å². The molecule has 0 saturated carbocycles. The lowest BCUT2D eigenvalue weighted by atomic mass is 10.1. The number of nitrogens with two attached hydrogens (primary N) is 1. The molecule has 1 atom stereocenters. The summed E-state index contributed by atoms with van der Waals surface area (Å²) in [6.45, 7) is 4.16. The van der Waals surface area contributed by atoms with Gasteiger partial charge < -0.3 is 16.0 Å². The average Bonchev–Trinajstić information content (AvgIpc) is 2.96. The minimum atomic E-state index is -0.560. The molecule has 1 aliphatic heterocycles. The highest BCUT2D eigenvalue weighted by molar-refractivity contribution is 5.95. The molecule has 116 valence electrons. The van der Waals surface area contributed by atoms with Crippen molar-refractivity contribution in [1.29, 1.82) is 0 Å². The van der Waals surface area contributed by atoms with E-state index in [4.69, 9.17) is 5.73 Å². The Balaban J connectivity index is 1.89. The molecule has 0 aromatic carbocycles. The Bertz CT molecular complexity index is 495. The van der Waals surface area contributed by atoms with E-state index in [1.807, 2.05) is 0 Å². The number of rotatable bonds is 5. The molecule has 0 aliphatic carbocycles. The number of aromatic nitrogens is 3. The minimum Gasteiger partial charge on any atom is -0.341 e. The molecule has 8 heteroatoms. The maximum atomic E-state index is 12.2. The third-order valence-electron chi connectivity index (χ3n) is 3.52. The van der Waals surface area contributed by atoms with Crippen molar-refractivity contribution in [2.75, 3.05) is 19.6 Å². The van der Waals surface area contributed by atoms with E-state index in [0.717, 1.165) is 32.4 Å². The average molecular weight is 294 g/mol. The summed E-state index contributed by atoms with van der Waals surface area (Å²) in [5.74, 6) is -0.437. The Morgan fingerprint density at radius 1 is 1.38 bits per heavy atom. The topological polar surface area (TPSA) is 106 Å². The van der Waals surface area contributed by atoms with Gasteiger partial charge in [0.2, 0.25) is 5.91 Å². The van der Waals surface area contributed by atoms with E-state index in [1.54, 1.807) is 11.8 Å². The first-order valence-corrected chi connectivity index (χ1v) is 7.31. The van der Waals surface area contributed by atoms with Crippen LogP contribution in [-0.4, -0.2) is 57.4 Å². The van der Waals surface area contributed by atoms with Gasteiger partial charge in [0.15, 0.2) is 5.69 Å². The molecule has 0 bridgehead atoms. The monoisotopic (exact) mass is 294 g/mol. The Morgan fingerprint density at radius 2 is 2.10 bits per heavy atom. The van der Waals surface area contributed by atoms with Crippen LogP contribution in [0.2, 0.25) is 0 Å². The second-order valence-corrected chi connectivity index (χ2v) is 5.24. The largest absolute Gasteiger partial charge is 0.341 e. The van der Waals surface area contributed by atoms with Crippen molar-refractivity contribution >= 4 is 11.8 Å². The first-order chi connectivity index (χ1) is 10.1. The Kier molecular flexibility index (Phi) is 5.26. The zero-order valence-electron chi connectivity index (χ0n) is 12.3. The van der Waals surface area contributed by atoms with Crippen LogP contribution in [-0.2, 0) is 11.3 Å². The summed E-state index contributed by atoms with van der Waals surface area (Å²) < 4.78 is 1.51. The molecule has 3 N–H and O–H groups in total. The van der Waals surface area contributed by atoms with Crippen LogP contribution in [0.4, 0.5) is 0 Å². The number of nitrogens with one attached hydrogen (secondary N) is 1. The van der Waals surface area contributed by atoms with E-state index >= 15 is 0 Å². The summed E-state index contributed by atoms with van der Waals surface area (Å²) in [5, 5.41) is 10.3. The van der Waals surface area contributed by atoms with Crippen LogP contribution < -0.4 is 11.1 Å². The van der Waals surface area contributed by atoms with Crippen LogP contribution in [0.3, 0.4) is 0 Å². The molecule has 8 nitrogen and oxygen atoms in total. The minimum absolute atomic E-state index is 0.0441. The standard InChI is InChI=1S/C13H22N6O2/c1-10(13(21)18-6-3-2-4-7-18)15-12(20)11-9-19(8-5-14)17-16-11/h9-10H,2-8,14H2,1H3,(H,15,20). The predicted octanol–water partition coefficient (Wildman–Crippen LogP) is -0.632. The first kappa shape index (κ1) is 15.4. The maximum Gasteiger partial charge on any atom is 0.274 e. The van der Waals surface area contributed by atoms with Crippen molar-refractivity contribution in [2.45, 2.75) is 38.8 Å². The normalized spacial score (nSPS) is 16.6. The molecular formula is C13H22N6O2. The molecule has 1 aliphatic rings. The predicted molar refractivity (Wildman–Crippen MR) is 76.4 cm³/mol. The van der Waals surface area contributed by atoms with Crippen LogP contribution in [0.5, 0.6) is 0 Å². The maximum absolute atomic E-state index is 12.2. The van der Waals surface area contributed by atoms with Crippen LogP contribution in [0, 0.1) is 0 Å². The van der Waals surface area contributed by atoms with Crippen LogP contribution in [0.15, 0.2) is 6.20 Å². The molecule has 1 unspecified atom stereocenters. The summed E-state index contributed by atoms with van der Waals surface area (Å²) in [6.07, 6.45) is 4.74. The van der Waals surface area contributed by atoms with Crippen molar-refractivity contribution in [3.05, 3.63) is 11.9 Å². The molecule has 1 aromatic heterocycles. The highest BCUT2D eigenvalue weighted by Crippen LogP contribution is 2.10. The molecular weight excluding hydrogens is 272 g/mol. The van der Waals surface area contributed by atoms with Crippen LogP contribution in [0.25, 0.3) is 0 Å².